The third-order valence-electron chi connectivity index (χ3n) is 5.16. The molecule has 3 aromatic rings. The highest BCUT2D eigenvalue weighted by molar-refractivity contribution is 6.06. The number of amides is 1. The van der Waals surface area contributed by atoms with Gasteiger partial charge in [0.15, 0.2) is 5.82 Å². The number of ether oxygens (including phenoxy) is 2. The summed E-state index contributed by atoms with van der Waals surface area (Å²) in [5.41, 5.74) is 0.0926. The van der Waals surface area contributed by atoms with Gasteiger partial charge in [-0.1, -0.05) is 0 Å². The van der Waals surface area contributed by atoms with Crippen LogP contribution >= 0.6 is 0 Å². The van der Waals surface area contributed by atoms with Gasteiger partial charge in [-0.25, -0.2) is 22.5 Å². The Morgan fingerprint density at radius 2 is 2.03 bits per heavy atom. The molecule has 7 nitrogen and oxygen atoms in total. The summed E-state index contributed by atoms with van der Waals surface area (Å²) in [6.07, 6.45) is 2.45. The first-order chi connectivity index (χ1) is 16.3. The summed E-state index contributed by atoms with van der Waals surface area (Å²) in [5.74, 6) is -5.51. The molecule has 0 saturated carbocycles. The lowest BCUT2D eigenvalue weighted by molar-refractivity contribution is -0.146. The lowest BCUT2D eigenvalue weighted by Crippen LogP contribution is -2.31. The second-order valence-electron chi connectivity index (χ2n) is 7.54. The van der Waals surface area contributed by atoms with Crippen molar-refractivity contribution in [3.63, 3.8) is 0 Å². The Morgan fingerprint density at radius 3 is 2.71 bits per heavy atom. The summed E-state index contributed by atoms with van der Waals surface area (Å²) in [7, 11) is 0. The number of aromatic nitrogens is 3. The molecule has 1 unspecified atom stereocenters. The van der Waals surface area contributed by atoms with Gasteiger partial charge in [0.1, 0.15) is 24.2 Å². The molecule has 1 N–H and O–H groups in total. The summed E-state index contributed by atoms with van der Waals surface area (Å²) in [6, 6.07) is 4.97. The Morgan fingerprint density at radius 1 is 1.21 bits per heavy atom. The third kappa shape index (κ3) is 4.98. The number of hydrogen-bond acceptors (Lipinski definition) is 6. The van der Waals surface area contributed by atoms with Crippen molar-refractivity contribution in [2.24, 2.45) is 0 Å². The van der Waals surface area contributed by atoms with E-state index in [-0.39, 0.29) is 47.1 Å². The molecule has 1 amide bonds. The molecule has 4 heterocycles. The average Bonchev–Trinajstić information content (AvgIpc) is 2.81. The van der Waals surface area contributed by atoms with E-state index in [1.165, 1.54) is 30.6 Å². The summed E-state index contributed by atoms with van der Waals surface area (Å²) in [6.45, 7) is 1.03. The summed E-state index contributed by atoms with van der Waals surface area (Å²) >= 11 is 0. The van der Waals surface area contributed by atoms with E-state index >= 15 is 0 Å². The maximum atomic E-state index is 14.6. The molecule has 0 radical (unpaired) electrons. The minimum absolute atomic E-state index is 0.0228. The first-order valence-corrected chi connectivity index (χ1v) is 10.5. The number of carbonyl (C=O) groups is 1. The fourth-order valence-electron chi connectivity index (χ4n) is 3.55. The standard InChI is InChI=1S/C23H20F4N4O3/c1-2-33-22-16(25)10-13(11-30-22)21(32)31-19-14(18-15(24)4-3-8-28-18)6-9-29-20(19)17-5-7-23(26,27)12-34-17/h3-4,6,8-11,17H,2,5,7,12H2,1H3,(H,31,32). The van der Waals surface area contributed by atoms with Crippen LogP contribution in [-0.2, 0) is 4.74 Å². The maximum absolute atomic E-state index is 14.6. The quantitative estimate of drug-likeness (QED) is 0.507. The van der Waals surface area contributed by atoms with Crippen LogP contribution in [0.4, 0.5) is 23.2 Å². The molecular formula is C23H20F4N4O3. The maximum Gasteiger partial charge on any atom is 0.271 e. The van der Waals surface area contributed by atoms with E-state index in [9.17, 15) is 22.4 Å². The third-order valence-corrected chi connectivity index (χ3v) is 5.16. The number of rotatable bonds is 6. The van der Waals surface area contributed by atoms with E-state index in [0.29, 0.717) is 0 Å². The number of pyridine rings is 3. The molecule has 1 atom stereocenters. The fraction of sp³-hybridized carbons (Fsp3) is 0.304. The van der Waals surface area contributed by atoms with Crippen LogP contribution in [0.2, 0.25) is 0 Å². The first-order valence-electron chi connectivity index (χ1n) is 10.5. The van der Waals surface area contributed by atoms with Gasteiger partial charge in [-0.05, 0) is 37.6 Å². The van der Waals surface area contributed by atoms with E-state index in [2.05, 4.69) is 20.3 Å². The molecule has 1 saturated heterocycles. The minimum atomic E-state index is -2.98. The van der Waals surface area contributed by atoms with Gasteiger partial charge < -0.3 is 14.8 Å². The van der Waals surface area contributed by atoms with Crippen molar-refractivity contribution in [3.8, 4) is 17.1 Å². The van der Waals surface area contributed by atoms with Crippen molar-refractivity contribution in [1.29, 1.82) is 0 Å². The second kappa shape index (κ2) is 9.72. The SMILES string of the molecule is CCOc1ncc(C(=O)Nc2c(-c3ncccc3F)ccnc2C2CCC(F)(F)CO2)cc1F. The monoisotopic (exact) mass is 476 g/mol. The number of hydrogen-bond donors (Lipinski definition) is 1. The lowest BCUT2D eigenvalue weighted by atomic mass is 9.99. The topological polar surface area (TPSA) is 86.2 Å². The molecule has 1 aliphatic rings. The molecule has 4 rings (SSSR count). The van der Waals surface area contributed by atoms with E-state index < -0.39 is 42.6 Å². The largest absolute Gasteiger partial charge is 0.476 e. The predicted octanol–water partition coefficient (Wildman–Crippen LogP) is 4.95. The number of nitrogens with one attached hydrogen (secondary N) is 1. The molecular weight excluding hydrogens is 456 g/mol. The molecule has 1 fully saturated rings. The minimum Gasteiger partial charge on any atom is -0.476 e. The van der Waals surface area contributed by atoms with Crippen molar-refractivity contribution in [2.75, 3.05) is 18.5 Å². The molecule has 11 heteroatoms. The van der Waals surface area contributed by atoms with Crippen molar-refractivity contribution in [1.82, 2.24) is 15.0 Å². The van der Waals surface area contributed by atoms with Gasteiger partial charge in [-0.3, -0.25) is 14.8 Å². The van der Waals surface area contributed by atoms with Crippen molar-refractivity contribution < 1.29 is 31.8 Å². The Bertz CT molecular complexity index is 1200. The normalized spacial score (nSPS) is 17.3. The highest BCUT2D eigenvalue weighted by Gasteiger charge is 2.38. The van der Waals surface area contributed by atoms with Gasteiger partial charge in [0.2, 0.25) is 5.88 Å². The Hall–Kier alpha value is -3.60. The van der Waals surface area contributed by atoms with Gasteiger partial charge in [-0.15, -0.1) is 0 Å². The highest BCUT2D eigenvalue weighted by Crippen LogP contribution is 2.40. The molecule has 1 aliphatic heterocycles. The molecule has 0 spiro atoms. The van der Waals surface area contributed by atoms with Crippen LogP contribution in [0.3, 0.4) is 0 Å². The van der Waals surface area contributed by atoms with Crippen LogP contribution in [0.15, 0.2) is 42.9 Å². The van der Waals surface area contributed by atoms with Gasteiger partial charge in [-0.2, -0.15) is 0 Å². The van der Waals surface area contributed by atoms with Gasteiger partial charge in [0.05, 0.1) is 23.6 Å². The Balaban J connectivity index is 1.74. The van der Waals surface area contributed by atoms with E-state index in [1.54, 1.807) is 6.92 Å². The number of alkyl halides is 2. The van der Waals surface area contributed by atoms with Crippen LogP contribution in [0.5, 0.6) is 5.88 Å². The second-order valence-corrected chi connectivity index (χ2v) is 7.54. The Labute approximate surface area is 192 Å². The fourth-order valence-corrected chi connectivity index (χ4v) is 3.55. The zero-order chi connectivity index (χ0) is 24.3. The molecule has 0 aliphatic carbocycles. The summed E-state index contributed by atoms with van der Waals surface area (Å²) < 4.78 is 66.4. The predicted molar refractivity (Wildman–Crippen MR) is 114 cm³/mol. The van der Waals surface area contributed by atoms with Gasteiger partial charge >= 0.3 is 0 Å². The van der Waals surface area contributed by atoms with Crippen LogP contribution in [0.25, 0.3) is 11.3 Å². The highest BCUT2D eigenvalue weighted by atomic mass is 19.3. The summed E-state index contributed by atoms with van der Waals surface area (Å²) in [5, 5.41) is 2.59. The van der Waals surface area contributed by atoms with E-state index in [4.69, 9.17) is 9.47 Å². The molecule has 3 aromatic heterocycles. The van der Waals surface area contributed by atoms with Crippen LogP contribution in [0, 0.1) is 11.6 Å². The van der Waals surface area contributed by atoms with Crippen LogP contribution < -0.4 is 10.1 Å². The lowest BCUT2D eigenvalue weighted by Gasteiger charge is -2.30. The van der Waals surface area contributed by atoms with Crippen LogP contribution in [0.1, 0.15) is 41.9 Å². The zero-order valence-corrected chi connectivity index (χ0v) is 18.0. The number of nitrogens with zero attached hydrogens (tertiary/aromatic N) is 3. The first kappa shape index (κ1) is 23.6. The number of halogens is 4. The van der Waals surface area contributed by atoms with Crippen molar-refractivity contribution in [3.05, 3.63) is 65.7 Å². The van der Waals surface area contributed by atoms with Crippen molar-refractivity contribution >= 4 is 11.6 Å². The van der Waals surface area contributed by atoms with Gasteiger partial charge in [0.25, 0.3) is 11.8 Å². The smallest absolute Gasteiger partial charge is 0.271 e. The zero-order valence-electron chi connectivity index (χ0n) is 18.0. The number of anilines is 1. The van der Waals surface area contributed by atoms with Crippen molar-refractivity contribution in [2.45, 2.75) is 31.8 Å². The Kier molecular flexibility index (Phi) is 6.73. The molecule has 34 heavy (non-hydrogen) atoms. The number of carbonyl (C=O) groups excluding carboxylic acids is 1. The van der Waals surface area contributed by atoms with Gasteiger partial charge in [0, 0.05) is 30.6 Å². The summed E-state index contributed by atoms with van der Waals surface area (Å²) in [4.78, 5) is 25.0. The van der Waals surface area contributed by atoms with E-state index in [1.807, 2.05) is 0 Å². The van der Waals surface area contributed by atoms with E-state index in [0.717, 1.165) is 12.3 Å². The average molecular weight is 476 g/mol. The molecule has 0 aromatic carbocycles. The van der Waals surface area contributed by atoms with Crippen LogP contribution in [-0.4, -0.2) is 40.0 Å². The molecule has 178 valence electrons. The molecule has 0 bridgehead atoms.